The van der Waals surface area contributed by atoms with Crippen molar-refractivity contribution in [3.8, 4) is 0 Å². The molecule has 1 atom stereocenters. The lowest BCUT2D eigenvalue weighted by Crippen LogP contribution is -2.43. The molecule has 2 aromatic carbocycles. The molecule has 4 rings (SSSR count). The molecular formula is C25H30ClN3O3S. The number of nitrogens with one attached hydrogen (secondary N) is 1. The lowest BCUT2D eigenvalue weighted by molar-refractivity contribution is -0.127. The molecule has 2 aromatic rings. The first-order chi connectivity index (χ1) is 16.1. The number of halogens is 1. The fraction of sp³-hybridized carbons (Fsp3) is 0.440. The predicted octanol–water partition coefficient (Wildman–Crippen LogP) is 3.86. The number of thioether (sulfide) groups is 1. The van der Waals surface area contributed by atoms with Gasteiger partial charge in [-0.15, -0.1) is 11.8 Å². The molecule has 2 heterocycles. The maximum Gasteiger partial charge on any atom is 0.252 e. The van der Waals surface area contributed by atoms with Crippen molar-refractivity contribution in [2.45, 2.75) is 23.8 Å². The Balaban J connectivity index is 1.41. The number of nitrogens with zero attached hydrogens (tertiary/aromatic N) is 2. The number of benzene rings is 2. The van der Waals surface area contributed by atoms with E-state index in [1.807, 2.05) is 53.4 Å². The first-order valence-corrected chi connectivity index (χ1v) is 12.8. The molecule has 0 aromatic heterocycles. The fourth-order valence-electron chi connectivity index (χ4n) is 4.29. The molecule has 0 radical (unpaired) electrons. The number of amides is 2. The van der Waals surface area contributed by atoms with Crippen LogP contribution >= 0.6 is 23.4 Å². The van der Waals surface area contributed by atoms with Crippen molar-refractivity contribution in [1.82, 2.24) is 15.1 Å². The largest absolute Gasteiger partial charge is 0.379 e. The number of carbonyl (C=O) groups is 2. The standard InChI is InChI=1S/C25H30ClN3O3S/c26-20-9-7-19(8-10-20)22(28-13-15-32-16-14-28)17-27-25(31)21-5-1-2-6-23(21)33-18-24(30)29-11-3-4-12-29/h1-2,5-10,22H,3-4,11-18H2,(H,27,31). The number of morpholine rings is 1. The van der Waals surface area contributed by atoms with Crippen molar-refractivity contribution < 1.29 is 14.3 Å². The highest BCUT2D eigenvalue weighted by Crippen LogP contribution is 2.26. The van der Waals surface area contributed by atoms with Crippen LogP contribution in [0.2, 0.25) is 5.02 Å². The van der Waals surface area contributed by atoms with Gasteiger partial charge in [0.1, 0.15) is 0 Å². The second-order valence-corrected chi connectivity index (χ2v) is 9.75. The summed E-state index contributed by atoms with van der Waals surface area (Å²) < 4.78 is 5.51. The van der Waals surface area contributed by atoms with Crippen molar-refractivity contribution in [3.05, 3.63) is 64.7 Å². The van der Waals surface area contributed by atoms with Crippen LogP contribution in [0.5, 0.6) is 0 Å². The molecule has 1 N–H and O–H groups in total. The zero-order valence-electron chi connectivity index (χ0n) is 18.7. The van der Waals surface area contributed by atoms with E-state index in [2.05, 4.69) is 10.2 Å². The van der Waals surface area contributed by atoms with Crippen LogP contribution < -0.4 is 5.32 Å². The summed E-state index contributed by atoms with van der Waals surface area (Å²) in [5.74, 6) is 0.368. The van der Waals surface area contributed by atoms with Crippen LogP contribution in [0.25, 0.3) is 0 Å². The molecule has 2 amide bonds. The Kier molecular flexibility index (Phi) is 8.67. The van der Waals surface area contributed by atoms with Crippen molar-refractivity contribution in [2.24, 2.45) is 0 Å². The van der Waals surface area contributed by atoms with Gasteiger partial charge in [-0.1, -0.05) is 35.9 Å². The highest BCUT2D eigenvalue weighted by atomic mass is 35.5. The van der Waals surface area contributed by atoms with Gasteiger partial charge in [-0.05, 0) is 42.7 Å². The quantitative estimate of drug-likeness (QED) is 0.573. The minimum Gasteiger partial charge on any atom is -0.379 e. The maximum absolute atomic E-state index is 13.2. The van der Waals surface area contributed by atoms with E-state index in [-0.39, 0.29) is 17.9 Å². The Morgan fingerprint density at radius 2 is 1.70 bits per heavy atom. The average molecular weight is 488 g/mol. The van der Waals surface area contributed by atoms with Crippen LogP contribution in [0, 0.1) is 0 Å². The third-order valence-corrected chi connectivity index (χ3v) is 7.45. The monoisotopic (exact) mass is 487 g/mol. The second kappa shape index (κ2) is 11.9. The number of carbonyl (C=O) groups excluding carboxylic acids is 2. The van der Waals surface area contributed by atoms with Crippen molar-refractivity contribution >= 4 is 35.2 Å². The zero-order valence-corrected chi connectivity index (χ0v) is 20.2. The van der Waals surface area contributed by atoms with E-state index in [9.17, 15) is 9.59 Å². The van der Waals surface area contributed by atoms with Crippen LogP contribution in [-0.4, -0.2) is 73.3 Å². The van der Waals surface area contributed by atoms with Crippen molar-refractivity contribution in [3.63, 3.8) is 0 Å². The predicted molar refractivity (Wildman–Crippen MR) is 132 cm³/mol. The number of rotatable bonds is 8. The van der Waals surface area contributed by atoms with E-state index in [0.29, 0.717) is 36.1 Å². The topological polar surface area (TPSA) is 61.9 Å². The molecule has 6 nitrogen and oxygen atoms in total. The molecule has 2 fully saturated rings. The van der Waals surface area contributed by atoms with Gasteiger partial charge in [-0.2, -0.15) is 0 Å². The summed E-state index contributed by atoms with van der Waals surface area (Å²) in [6.07, 6.45) is 2.15. The lowest BCUT2D eigenvalue weighted by atomic mass is 10.0. The van der Waals surface area contributed by atoms with E-state index in [1.165, 1.54) is 11.8 Å². The van der Waals surface area contributed by atoms with Crippen LogP contribution in [0.1, 0.15) is 34.8 Å². The van der Waals surface area contributed by atoms with E-state index < -0.39 is 0 Å². The summed E-state index contributed by atoms with van der Waals surface area (Å²) in [7, 11) is 0. The van der Waals surface area contributed by atoms with Crippen LogP contribution in [0.4, 0.5) is 0 Å². The Morgan fingerprint density at radius 1 is 1.00 bits per heavy atom. The maximum atomic E-state index is 13.2. The summed E-state index contributed by atoms with van der Waals surface area (Å²) in [6.45, 7) is 5.16. The molecule has 0 bridgehead atoms. The third-order valence-electron chi connectivity index (χ3n) is 6.14. The van der Waals surface area contributed by atoms with Gasteiger partial charge in [0.15, 0.2) is 0 Å². The SMILES string of the molecule is O=C(NCC(c1ccc(Cl)cc1)N1CCOCC1)c1ccccc1SCC(=O)N1CCCC1. The number of hydrogen-bond acceptors (Lipinski definition) is 5. The Hall–Kier alpha value is -2.06. The summed E-state index contributed by atoms with van der Waals surface area (Å²) >= 11 is 7.52. The van der Waals surface area contributed by atoms with Crippen LogP contribution in [-0.2, 0) is 9.53 Å². The van der Waals surface area contributed by atoms with Gasteiger partial charge in [0.25, 0.3) is 5.91 Å². The summed E-state index contributed by atoms with van der Waals surface area (Å²) in [5.41, 5.74) is 1.72. The fourth-order valence-corrected chi connectivity index (χ4v) is 5.37. The van der Waals surface area contributed by atoms with Gasteiger partial charge < -0.3 is 15.0 Å². The summed E-state index contributed by atoms with van der Waals surface area (Å²) in [4.78, 5) is 30.7. The number of ether oxygens (including phenoxy) is 1. The summed E-state index contributed by atoms with van der Waals surface area (Å²) in [5, 5.41) is 3.82. The molecule has 0 aliphatic carbocycles. The number of likely N-dealkylation sites (tertiary alicyclic amines) is 1. The third kappa shape index (κ3) is 6.51. The highest BCUT2D eigenvalue weighted by molar-refractivity contribution is 8.00. The molecular weight excluding hydrogens is 458 g/mol. The molecule has 0 saturated carbocycles. The van der Waals surface area contributed by atoms with Crippen molar-refractivity contribution in [2.75, 3.05) is 51.7 Å². The van der Waals surface area contributed by atoms with E-state index >= 15 is 0 Å². The van der Waals surface area contributed by atoms with E-state index in [4.69, 9.17) is 16.3 Å². The van der Waals surface area contributed by atoms with Gasteiger partial charge in [0, 0.05) is 42.6 Å². The molecule has 176 valence electrons. The molecule has 33 heavy (non-hydrogen) atoms. The highest BCUT2D eigenvalue weighted by Gasteiger charge is 2.24. The molecule has 8 heteroatoms. The Bertz CT molecular complexity index is 944. The average Bonchev–Trinajstić information content (AvgIpc) is 3.40. The molecule has 2 aliphatic rings. The first kappa shape index (κ1) is 24.1. The van der Waals surface area contributed by atoms with Gasteiger partial charge in [-0.3, -0.25) is 14.5 Å². The zero-order chi connectivity index (χ0) is 23.0. The molecule has 1 unspecified atom stereocenters. The van der Waals surface area contributed by atoms with Gasteiger partial charge in [-0.25, -0.2) is 0 Å². The minimum absolute atomic E-state index is 0.0340. The van der Waals surface area contributed by atoms with Crippen molar-refractivity contribution in [1.29, 1.82) is 0 Å². The Morgan fingerprint density at radius 3 is 2.42 bits per heavy atom. The normalized spacial score (nSPS) is 17.7. The number of hydrogen-bond donors (Lipinski definition) is 1. The Labute approximate surface area is 204 Å². The lowest BCUT2D eigenvalue weighted by Gasteiger charge is -2.35. The molecule has 0 spiro atoms. The second-order valence-electron chi connectivity index (χ2n) is 8.30. The van der Waals surface area contributed by atoms with E-state index in [0.717, 1.165) is 49.5 Å². The van der Waals surface area contributed by atoms with Gasteiger partial charge in [0.05, 0.1) is 30.6 Å². The van der Waals surface area contributed by atoms with E-state index in [1.54, 1.807) is 0 Å². The molecule has 2 aliphatic heterocycles. The minimum atomic E-state index is -0.126. The van der Waals surface area contributed by atoms with Gasteiger partial charge >= 0.3 is 0 Å². The summed E-state index contributed by atoms with van der Waals surface area (Å²) in [6, 6.07) is 15.3. The molecule has 2 saturated heterocycles. The smallest absolute Gasteiger partial charge is 0.252 e. The van der Waals surface area contributed by atoms with Gasteiger partial charge in [0.2, 0.25) is 5.91 Å². The van der Waals surface area contributed by atoms with Crippen LogP contribution in [0.3, 0.4) is 0 Å². The first-order valence-electron chi connectivity index (χ1n) is 11.5. The van der Waals surface area contributed by atoms with Crippen LogP contribution in [0.15, 0.2) is 53.4 Å².